The average molecular weight is 352 g/mol. The lowest BCUT2D eigenvalue weighted by molar-refractivity contribution is 0.436. The zero-order valence-electron chi connectivity index (χ0n) is 16.8. The molecule has 2 aromatic rings. The van der Waals surface area contributed by atoms with Gasteiger partial charge < -0.3 is 10.2 Å². The highest BCUT2D eigenvalue weighted by molar-refractivity contribution is 5.39. The van der Waals surface area contributed by atoms with E-state index < -0.39 is 0 Å². The standard InChI is InChI=1S/C23H33N3/c1-18-11-13-26(14-12-18)22-10-7-20(17-25-22)16-24-15-19-5-8-21(9-6-19)23(2,3)4/h5-10,17-18,24H,11-16H2,1-4H3. The van der Waals surface area contributed by atoms with Crippen molar-refractivity contribution in [1.29, 1.82) is 0 Å². The fraction of sp³-hybridized carbons (Fsp3) is 0.522. The molecule has 0 saturated carbocycles. The third-order valence-electron chi connectivity index (χ3n) is 5.39. The van der Waals surface area contributed by atoms with Crippen LogP contribution in [0.2, 0.25) is 0 Å². The minimum absolute atomic E-state index is 0.214. The summed E-state index contributed by atoms with van der Waals surface area (Å²) in [5.74, 6) is 1.98. The highest BCUT2D eigenvalue weighted by atomic mass is 15.2. The number of nitrogens with zero attached hydrogens (tertiary/aromatic N) is 2. The van der Waals surface area contributed by atoms with Crippen LogP contribution in [0, 0.1) is 5.92 Å². The van der Waals surface area contributed by atoms with Gasteiger partial charge in [-0.15, -0.1) is 0 Å². The lowest BCUT2D eigenvalue weighted by Crippen LogP contribution is -2.33. The Hall–Kier alpha value is -1.87. The van der Waals surface area contributed by atoms with Crippen molar-refractivity contribution in [2.45, 2.75) is 59.0 Å². The summed E-state index contributed by atoms with van der Waals surface area (Å²) in [6.45, 7) is 13.1. The number of nitrogens with one attached hydrogen (secondary N) is 1. The fourth-order valence-corrected chi connectivity index (χ4v) is 3.42. The van der Waals surface area contributed by atoms with Gasteiger partial charge in [-0.1, -0.05) is 58.0 Å². The van der Waals surface area contributed by atoms with E-state index in [0.717, 1.165) is 37.9 Å². The first-order valence-electron chi connectivity index (χ1n) is 9.92. The van der Waals surface area contributed by atoms with E-state index >= 15 is 0 Å². The molecule has 3 nitrogen and oxygen atoms in total. The molecule has 0 amide bonds. The summed E-state index contributed by atoms with van der Waals surface area (Å²) >= 11 is 0. The van der Waals surface area contributed by atoms with Crippen LogP contribution >= 0.6 is 0 Å². The van der Waals surface area contributed by atoms with Gasteiger partial charge in [0.2, 0.25) is 0 Å². The molecular weight excluding hydrogens is 318 g/mol. The second kappa shape index (κ2) is 8.22. The molecule has 1 saturated heterocycles. The van der Waals surface area contributed by atoms with Gasteiger partial charge in [-0.05, 0) is 46.9 Å². The Bertz CT molecular complexity index is 675. The quantitative estimate of drug-likeness (QED) is 0.830. The van der Waals surface area contributed by atoms with Gasteiger partial charge in [-0.3, -0.25) is 0 Å². The van der Waals surface area contributed by atoms with E-state index in [4.69, 9.17) is 0 Å². The lowest BCUT2D eigenvalue weighted by atomic mass is 9.87. The van der Waals surface area contributed by atoms with E-state index in [1.54, 1.807) is 0 Å². The predicted octanol–water partition coefficient (Wildman–Crippen LogP) is 4.91. The summed E-state index contributed by atoms with van der Waals surface area (Å²) in [5.41, 5.74) is 4.16. The summed E-state index contributed by atoms with van der Waals surface area (Å²) in [6, 6.07) is 13.3. The van der Waals surface area contributed by atoms with Gasteiger partial charge in [0.05, 0.1) is 0 Å². The van der Waals surface area contributed by atoms with Gasteiger partial charge >= 0.3 is 0 Å². The monoisotopic (exact) mass is 351 g/mol. The Morgan fingerprint density at radius 3 is 2.15 bits per heavy atom. The Balaban J connectivity index is 1.48. The van der Waals surface area contributed by atoms with Crippen LogP contribution in [-0.4, -0.2) is 18.1 Å². The SMILES string of the molecule is CC1CCN(c2ccc(CNCc3ccc(C(C)(C)C)cc3)cn2)CC1. The molecule has 0 unspecified atom stereocenters. The minimum Gasteiger partial charge on any atom is -0.357 e. The molecular formula is C23H33N3. The van der Waals surface area contributed by atoms with Crippen molar-refractivity contribution in [3.63, 3.8) is 0 Å². The molecule has 3 heteroatoms. The van der Waals surface area contributed by atoms with Crippen molar-refractivity contribution in [1.82, 2.24) is 10.3 Å². The molecule has 0 atom stereocenters. The van der Waals surface area contributed by atoms with E-state index in [9.17, 15) is 0 Å². The van der Waals surface area contributed by atoms with Gasteiger partial charge in [-0.2, -0.15) is 0 Å². The first-order valence-corrected chi connectivity index (χ1v) is 9.92. The highest BCUT2D eigenvalue weighted by Crippen LogP contribution is 2.23. The Kier molecular flexibility index (Phi) is 5.98. The van der Waals surface area contributed by atoms with Crippen molar-refractivity contribution >= 4 is 5.82 Å². The average Bonchev–Trinajstić information content (AvgIpc) is 2.63. The van der Waals surface area contributed by atoms with E-state index in [2.05, 4.69) is 79.3 Å². The van der Waals surface area contributed by atoms with Crippen LogP contribution in [0.4, 0.5) is 5.82 Å². The largest absolute Gasteiger partial charge is 0.357 e. The molecule has 1 aromatic carbocycles. The maximum atomic E-state index is 4.68. The van der Waals surface area contributed by atoms with Crippen molar-refractivity contribution < 1.29 is 0 Å². The number of pyridine rings is 1. The molecule has 0 aliphatic carbocycles. The van der Waals surface area contributed by atoms with Crippen LogP contribution in [0.5, 0.6) is 0 Å². The van der Waals surface area contributed by atoms with Gasteiger partial charge in [-0.25, -0.2) is 4.98 Å². The van der Waals surface area contributed by atoms with Crippen molar-refractivity contribution in [2.24, 2.45) is 5.92 Å². The molecule has 0 bridgehead atoms. The zero-order chi connectivity index (χ0) is 18.6. The van der Waals surface area contributed by atoms with Crippen LogP contribution in [0.3, 0.4) is 0 Å². The zero-order valence-corrected chi connectivity index (χ0v) is 16.8. The van der Waals surface area contributed by atoms with Crippen LogP contribution < -0.4 is 10.2 Å². The summed E-state index contributed by atoms with van der Waals surface area (Å²) in [4.78, 5) is 7.09. The fourth-order valence-electron chi connectivity index (χ4n) is 3.42. The lowest BCUT2D eigenvalue weighted by Gasteiger charge is -2.31. The maximum absolute atomic E-state index is 4.68. The summed E-state index contributed by atoms with van der Waals surface area (Å²) in [6.07, 6.45) is 4.57. The molecule has 3 rings (SSSR count). The van der Waals surface area contributed by atoms with Gasteiger partial charge in [0.1, 0.15) is 5.82 Å². The minimum atomic E-state index is 0.214. The van der Waals surface area contributed by atoms with E-state index in [-0.39, 0.29) is 5.41 Å². The van der Waals surface area contributed by atoms with Crippen molar-refractivity contribution in [2.75, 3.05) is 18.0 Å². The molecule has 0 spiro atoms. The molecule has 2 heterocycles. The summed E-state index contributed by atoms with van der Waals surface area (Å²) < 4.78 is 0. The third kappa shape index (κ3) is 5.07. The number of hydrogen-bond donors (Lipinski definition) is 1. The number of anilines is 1. The van der Waals surface area contributed by atoms with E-state index in [1.165, 1.54) is 29.5 Å². The normalized spacial score (nSPS) is 16.1. The second-order valence-corrected chi connectivity index (χ2v) is 8.74. The Morgan fingerprint density at radius 1 is 0.962 bits per heavy atom. The number of hydrogen-bond acceptors (Lipinski definition) is 3. The molecule has 140 valence electrons. The molecule has 0 radical (unpaired) electrons. The van der Waals surface area contributed by atoms with Gasteiger partial charge in [0.25, 0.3) is 0 Å². The van der Waals surface area contributed by atoms with E-state index in [1.807, 2.05) is 6.20 Å². The first kappa shape index (κ1) is 18.9. The van der Waals surface area contributed by atoms with E-state index in [0.29, 0.717) is 0 Å². The Labute approximate surface area is 158 Å². The van der Waals surface area contributed by atoms with Crippen LogP contribution in [0.25, 0.3) is 0 Å². The molecule has 26 heavy (non-hydrogen) atoms. The molecule has 1 aromatic heterocycles. The molecule has 1 N–H and O–H groups in total. The topological polar surface area (TPSA) is 28.2 Å². The van der Waals surface area contributed by atoms with Gasteiger partial charge in [0.15, 0.2) is 0 Å². The second-order valence-electron chi connectivity index (χ2n) is 8.74. The van der Waals surface area contributed by atoms with Gasteiger partial charge in [0, 0.05) is 32.4 Å². The van der Waals surface area contributed by atoms with Crippen molar-refractivity contribution in [3.8, 4) is 0 Å². The number of aromatic nitrogens is 1. The van der Waals surface area contributed by atoms with Crippen LogP contribution in [0.1, 0.15) is 57.2 Å². The Morgan fingerprint density at radius 2 is 1.58 bits per heavy atom. The maximum Gasteiger partial charge on any atom is 0.128 e. The highest BCUT2D eigenvalue weighted by Gasteiger charge is 2.16. The third-order valence-corrected chi connectivity index (χ3v) is 5.39. The summed E-state index contributed by atoms with van der Waals surface area (Å²) in [5, 5.41) is 3.53. The number of piperidine rings is 1. The van der Waals surface area contributed by atoms with Crippen molar-refractivity contribution in [3.05, 3.63) is 59.3 Å². The molecule has 1 fully saturated rings. The van der Waals surface area contributed by atoms with Crippen LogP contribution in [0.15, 0.2) is 42.6 Å². The summed E-state index contributed by atoms with van der Waals surface area (Å²) in [7, 11) is 0. The molecule has 1 aliphatic heterocycles. The number of benzene rings is 1. The first-order chi connectivity index (χ1) is 12.4. The number of rotatable bonds is 5. The van der Waals surface area contributed by atoms with Crippen LogP contribution in [-0.2, 0) is 18.5 Å². The smallest absolute Gasteiger partial charge is 0.128 e. The predicted molar refractivity (Wildman–Crippen MR) is 111 cm³/mol. The molecule has 1 aliphatic rings.